The van der Waals surface area contributed by atoms with Gasteiger partial charge in [0.1, 0.15) is 15.7 Å². The summed E-state index contributed by atoms with van der Waals surface area (Å²) in [5.41, 5.74) is 0.306. The molecule has 19 heavy (non-hydrogen) atoms. The van der Waals surface area contributed by atoms with Gasteiger partial charge in [-0.25, -0.2) is 13.4 Å². The van der Waals surface area contributed by atoms with Gasteiger partial charge in [0, 0.05) is 26.0 Å². The van der Waals surface area contributed by atoms with Crippen LogP contribution in [0.3, 0.4) is 0 Å². The van der Waals surface area contributed by atoms with E-state index < -0.39 is 9.84 Å². The van der Waals surface area contributed by atoms with Gasteiger partial charge in [-0.15, -0.1) is 0 Å². The standard InChI is InChI=1S/C11H16ClN3O3S/c1-13-10-6-8(9(12)7-15-10)11(16)14-4-3-5-19(2,17)18/h6-7H,3-5H2,1-2H3,(H,13,15)(H,14,16). The number of halogens is 1. The molecule has 1 aromatic rings. The molecule has 0 aliphatic carbocycles. The van der Waals surface area contributed by atoms with Crippen LogP contribution in [-0.4, -0.2) is 44.9 Å². The Bertz CT molecular complexity index is 560. The maximum absolute atomic E-state index is 11.9. The van der Waals surface area contributed by atoms with Crippen molar-refractivity contribution in [2.24, 2.45) is 0 Å². The summed E-state index contributed by atoms with van der Waals surface area (Å²) in [4.78, 5) is 15.8. The van der Waals surface area contributed by atoms with E-state index in [1.807, 2.05) is 0 Å². The van der Waals surface area contributed by atoms with Gasteiger partial charge in [-0.2, -0.15) is 0 Å². The molecular weight excluding hydrogens is 290 g/mol. The summed E-state index contributed by atoms with van der Waals surface area (Å²) < 4.78 is 21.9. The van der Waals surface area contributed by atoms with Crippen LogP contribution in [0.15, 0.2) is 12.3 Å². The fraction of sp³-hybridized carbons (Fsp3) is 0.455. The van der Waals surface area contributed by atoms with Crippen molar-refractivity contribution in [1.29, 1.82) is 0 Å². The first-order valence-corrected chi connectivity index (χ1v) is 8.06. The van der Waals surface area contributed by atoms with Crippen molar-refractivity contribution in [2.75, 3.05) is 30.9 Å². The van der Waals surface area contributed by atoms with Gasteiger partial charge in [-0.1, -0.05) is 11.6 Å². The molecule has 106 valence electrons. The van der Waals surface area contributed by atoms with E-state index in [-0.39, 0.29) is 23.2 Å². The summed E-state index contributed by atoms with van der Waals surface area (Å²) in [5.74, 6) is 0.224. The first-order valence-electron chi connectivity index (χ1n) is 5.62. The minimum atomic E-state index is -3.00. The molecule has 0 atom stereocenters. The van der Waals surface area contributed by atoms with E-state index in [2.05, 4.69) is 15.6 Å². The summed E-state index contributed by atoms with van der Waals surface area (Å²) in [7, 11) is -1.32. The summed E-state index contributed by atoms with van der Waals surface area (Å²) >= 11 is 5.89. The largest absolute Gasteiger partial charge is 0.373 e. The number of amides is 1. The Hall–Kier alpha value is -1.34. The molecule has 8 heteroatoms. The Morgan fingerprint density at radius 2 is 2.16 bits per heavy atom. The summed E-state index contributed by atoms with van der Waals surface area (Å²) in [6, 6.07) is 1.54. The van der Waals surface area contributed by atoms with E-state index in [1.165, 1.54) is 12.3 Å². The molecule has 0 saturated carbocycles. The number of pyridine rings is 1. The van der Waals surface area contributed by atoms with Gasteiger partial charge >= 0.3 is 0 Å². The number of hydrogen-bond acceptors (Lipinski definition) is 5. The molecule has 1 amide bonds. The van der Waals surface area contributed by atoms with Gasteiger partial charge in [-0.3, -0.25) is 4.79 Å². The van der Waals surface area contributed by atoms with Crippen molar-refractivity contribution in [1.82, 2.24) is 10.3 Å². The first-order chi connectivity index (χ1) is 8.83. The molecule has 0 spiro atoms. The number of anilines is 1. The van der Waals surface area contributed by atoms with E-state index in [0.29, 0.717) is 17.8 Å². The van der Waals surface area contributed by atoms with E-state index in [9.17, 15) is 13.2 Å². The average molecular weight is 306 g/mol. The molecule has 0 fully saturated rings. The van der Waals surface area contributed by atoms with Crippen LogP contribution in [0.1, 0.15) is 16.8 Å². The molecule has 0 aliphatic heterocycles. The molecule has 0 saturated heterocycles. The van der Waals surface area contributed by atoms with Crippen LogP contribution < -0.4 is 10.6 Å². The van der Waals surface area contributed by atoms with Crippen molar-refractivity contribution < 1.29 is 13.2 Å². The molecule has 0 radical (unpaired) electrons. The first kappa shape index (κ1) is 15.7. The predicted octanol–water partition coefficient (Wildman–Crippen LogP) is 0.941. The Kier molecular flexibility index (Phi) is 5.56. The highest BCUT2D eigenvalue weighted by atomic mass is 35.5. The molecular formula is C11H16ClN3O3S. The van der Waals surface area contributed by atoms with Crippen molar-refractivity contribution in [3.8, 4) is 0 Å². The highest BCUT2D eigenvalue weighted by Crippen LogP contribution is 2.17. The van der Waals surface area contributed by atoms with Crippen molar-refractivity contribution in [2.45, 2.75) is 6.42 Å². The van der Waals surface area contributed by atoms with Crippen LogP contribution in [0, 0.1) is 0 Å². The van der Waals surface area contributed by atoms with Gasteiger partial charge in [0.15, 0.2) is 0 Å². The van der Waals surface area contributed by atoms with Crippen LogP contribution in [0.25, 0.3) is 0 Å². The fourth-order valence-corrected chi connectivity index (χ4v) is 2.24. The Morgan fingerprint density at radius 3 is 2.74 bits per heavy atom. The maximum atomic E-state index is 11.9. The van der Waals surface area contributed by atoms with Gasteiger partial charge in [-0.05, 0) is 12.5 Å². The van der Waals surface area contributed by atoms with Gasteiger partial charge in [0.25, 0.3) is 5.91 Å². The highest BCUT2D eigenvalue weighted by molar-refractivity contribution is 7.90. The zero-order valence-electron chi connectivity index (χ0n) is 10.7. The number of carbonyl (C=O) groups excluding carboxylic acids is 1. The molecule has 2 N–H and O–H groups in total. The Morgan fingerprint density at radius 1 is 1.47 bits per heavy atom. The van der Waals surface area contributed by atoms with Crippen LogP contribution in [0.4, 0.5) is 5.82 Å². The number of aromatic nitrogens is 1. The minimum Gasteiger partial charge on any atom is -0.373 e. The molecule has 1 rings (SSSR count). The molecule has 0 bridgehead atoms. The van der Waals surface area contributed by atoms with Crippen LogP contribution in [-0.2, 0) is 9.84 Å². The smallest absolute Gasteiger partial charge is 0.252 e. The lowest BCUT2D eigenvalue weighted by molar-refractivity contribution is 0.0954. The molecule has 1 heterocycles. The van der Waals surface area contributed by atoms with Crippen LogP contribution in [0.2, 0.25) is 5.02 Å². The zero-order chi connectivity index (χ0) is 14.5. The van der Waals surface area contributed by atoms with Crippen molar-refractivity contribution >= 4 is 33.2 Å². The molecule has 6 nitrogen and oxygen atoms in total. The summed E-state index contributed by atoms with van der Waals surface area (Å²) in [6.45, 7) is 0.277. The second-order valence-corrected chi connectivity index (χ2v) is 6.71. The number of nitrogens with one attached hydrogen (secondary N) is 2. The lowest BCUT2D eigenvalue weighted by Crippen LogP contribution is -2.26. The number of nitrogens with zero attached hydrogens (tertiary/aromatic N) is 1. The SMILES string of the molecule is CNc1cc(C(=O)NCCCS(C)(=O)=O)c(Cl)cn1. The number of rotatable bonds is 6. The normalized spacial score (nSPS) is 11.1. The van der Waals surface area contributed by atoms with Gasteiger partial charge in [0.2, 0.25) is 0 Å². The lowest BCUT2D eigenvalue weighted by atomic mass is 10.2. The molecule has 0 aliphatic rings. The van der Waals surface area contributed by atoms with E-state index in [0.717, 1.165) is 6.26 Å². The third-order valence-electron chi connectivity index (χ3n) is 2.33. The fourth-order valence-electron chi connectivity index (χ4n) is 1.38. The zero-order valence-corrected chi connectivity index (χ0v) is 12.3. The van der Waals surface area contributed by atoms with Crippen LogP contribution in [0.5, 0.6) is 0 Å². The quantitative estimate of drug-likeness (QED) is 0.764. The number of hydrogen-bond donors (Lipinski definition) is 2. The highest BCUT2D eigenvalue weighted by Gasteiger charge is 2.11. The summed E-state index contributed by atoms with van der Waals surface area (Å²) in [5, 5.41) is 5.68. The van der Waals surface area contributed by atoms with E-state index in [1.54, 1.807) is 7.05 Å². The predicted molar refractivity (Wildman–Crippen MR) is 75.5 cm³/mol. The minimum absolute atomic E-state index is 0.0408. The van der Waals surface area contributed by atoms with Crippen molar-refractivity contribution in [3.63, 3.8) is 0 Å². The van der Waals surface area contributed by atoms with E-state index >= 15 is 0 Å². The second-order valence-electron chi connectivity index (χ2n) is 4.04. The lowest BCUT2D eigenvalue weighted by Gasteiger charge is -2.07. The second kappa shape index (κ2) is 6.72. The topological polar surface area (TPSA) is 88.2 Å². The number of carbonyl (C=O) groups is 1. The molecule has 1 aromatic heterocycles. The Balaban J connectivity index is 2.58. The monoisotopic (exact) mass is 305 g/mol. The van der Waals surface area contributed by atoms with Crippen LogP contribution >= 0.6 is 11.6 Å². The third kappa shape index (κ3) is 5.44. The van der Waals surface area contributed by atoms with Crippen molar-refractivity contribution in [3.05, 3.63) is 22.8 Å². The summed E-state index contributed by atoms with van der Waals surface area (Å²) in [6.07, 6.45) is 2.92. The average Bonchev–Trinajstić information content (AvgIpc) is 2.34. The number of sulfone groups is 1. The van der Waals surface area contributed by atoms with Gasteiger partial charge in [0.05, 0.1) is 16.3 Å². The maximum Gasteiger partial charge on any atom is 0.252 e. The molecule has 0 unspecified atom stereocenters. The van der Waals surface area contributed by atoms with E-state index in [4.69, 9.17) is 11.6 Å². The molecule has 0 aromatic carbocycles. The third-order valence-corrected chi connectivity index (χ3v) is 3.67. The Labute approximate surface area is 117 Å². The van der Waals surface area contributed by atoms with Gasteiger partial charge < -0.3 is 10.6 Å².